The third kappa shape index (κ3) is 4.49. The second kappa shape index (κ2) is 7.20. The summed E-state index contributed by atoms with van der Waals surface area (Å²) in [5.41, 5.74) is 5.87. The molecule has 2 N–H and O–H groups in total. The molecule has 0 amide bonds. The normalized spacial score (nSPS) is 21.8. The van der Waals surface area contributed by atoms with E-state index in [0.29, 0.717) is 6.04 Å². The summed E-state index contributed by atoms with van der Waals surface area (Å²) in [6.45, 7) is 7.88. The smallest absolute Gasteiger partial charge is 0.0219 e. The molecule has 0 saturated carbocycles. The van der Waals surface area contributed by atoms with Crippen molar-refractivity contribution in [3.8, 4) is 0 Å². The Balaban J connectivity index is 2.24. The van der Waals surface area contributed by atoms with E-state index >= 15 is 0 Å². The Morgan fingerprint density at radius 3 is 2.33 bits per heavy atom. The number of hydrogen-bond acceptors (Lipinski definition) is 3. The van der Waals surface area contributed by atoms with Crippen LogP contribution in [0.1, 0.15) is 32.6 Å². The molecule has 0 aromatic rings. The predicted molar refractivity (Wildman–Crippen MR) is 66.1 cm³/mol. The molecule has 3 nitrogen and oxygen atoms in total. The molecule has 1 aliphatic heterocycles. The molecular formula is C12H27N3. The fourth-order valence-corrected chi connectivity index (χ4v) is 2.27. The van der Waals surface area contributed by atoms with Crippen LogP contribution in [-0.2, 0) is 0 Å². The van der Waals surface area contributed by atoms with E-state index in [4.69, 9.17) is 5.73 Å². The van der Waals surface area contributed by atoms with E-state index in [1.807, 2.05) is 0 Å². The van der Waals surface area contributed by atoms with Crippen LogP contribution in [0.2, 0.25) is 0 Å². The van der Waals surface area contributed by atoms with E-state index in [0.717, 1.165) is 6.54 Å². The van der Waals surface area contributed by atoms with Gasteiger partial charge in [-0.05, 0) is 13.5 Å². The fourth-order valence-electron chi connectivity index (χ4n) is 2.27. The van der Waals surface area contributed by atoms with Crippen molar-refractivity contribution in [3.05, 3.63) is 0 Å². The summed E-state index contributed by atoms with van der Waals surface area (Å²) in [6, 6.07) is 0.630. The van der Waals surface area contributed by atoms with Gasteiger partial charge in [0.25, 0.3) is 0 Å². The molecule has 90 valence electrons. The van der Waals surface area contributed by atoms with Crippen LogP contribution in [0.3, 0.4) is 0 Å². The monoisotopic (exact) mass is 213 g/mol. The lowest BCUT2D eigenvalue weighted by atomic mass is 10.1. The van der Waals surface area contributed by atoms with E-state index < -0.39 is 0 Å². The van der Waals surface area contributed by atoms with Crippen molar-refractivity contribution in [2.24, 2.45) is 5.73 Å². The van der Waals surface area contributed by atoms with Gasteiger partial charge in [0, 0.05) is 38.8 Å². The molecule has 1 atom stereocenters. The first-order valence-corrected chi connectivity index (χ1v) is 6.40. The van der Waals surface area contributed by atoms with Gasteiger partial charge in [-0.3, -0.25) is 4.90 Å². The summed E-state index contributed by atoms with van der Waals surface area (Å²) in [6.07, 6.45) is 5.28. The summed E-state index contributed by atoms with van der Waals surface area (Å²) >= 11 is 0. The Labute approximate surface area is 94.6 Å². The molecule has 1 rings (SSSR count). The van der Waals surface area contributed by atoms with Crippen molar-refractivity contribution in [2.75, 3.05) is 39.8 Å². The standard InChI is InChI=1S/C12H27N3/c1-3-4-5-6-12(11-13)15-9-7-14(2)8-10-15/h12H,3-11,13H2,1-2H3. The zero-order chi connectivity index (χ0) is 11.1. The predicted octanol–water partition coefficient (Wildman–Crippen LogP) is 1.14. The van der Waals surface area contributed by atoms with Crippen molar-refractivity contribution < 1.29 is 0 Å². The SMILES string of the molecule is CCCCCC(CN)N1CCN(C)CC1. The molecule has 1 aliphatic rings. The quantitative estimate of drug-likeness (QED) is 0.672. The minimum absolute atomic E-state index is 0.630. The van der Waals surface area contributed by atoms with E-state index in [1.54, 1.807) is 0 Å². The molecule has 0 aromatic carbocycles. The minimum atomic E-state index is 0.630. The van der Waals surface area contributed by atoms with Crippen molar-refractivity contribution >= 4 is 0 Å². The first-order valence-electron chi connectivity index (χ1n) is 6.40. The number of piperazine rings is 1. The van der Waals surface area contributed by atoms with Crippen molar-refractivity contribution in [3.63, 3.8) is 0 Å². The van der Waals surface area contributed by atoms with Crippen LogP contribution in [0, 0.1) is 0 Å². The minimum Gasteiger partial charge on any atom is -0.329 e. The Morgan fingerprint density at radius 2 is 1.80 bits per heavy atom. The van der Waals surface area contributed by atoms with Crippen molar-refractivity contribution in [1.82, 2.24) is 9.80 Å². The molecular weight excluding hydrogens is 186 g/mol. The number of nitrogens with two attached hydrogens (primary N) is 1. The molecule has 15 heavy (non-hydrogen) atoms. The summed E-state index contributed by atoms with van der Waals surface area (Å²) in [4.78, 5) is 4.98. The maximum absolute atomic E-state index is 5.87. The summed E-state index contributed by atoms with van der Waals surface area (Å²) in [5, 5.41) is 0. The van der Waals surface area contributed by atoms with Crippen molar-refractivity contribution in [2.45, 2.75) is 38.6 Å². The molecule has 1 fully saturated rings. The average molecular weight is 213 g/mol. The molecule has 0 aliphatic carbocycles. The van der Waals surface area contributed by atoms with Gasteiger partial charge in [-0.1, -0.05) is 26.2 Å². The van der Waals surface area contributed by atoms with Crippen LogP contribution in [-0.4, -0.2) is 55.6 Å². The van der Waals surface area contributed by atoms with Gasteiger partial charge in [0.1, 0.15) is 0 Å². The second-order valence-corrected chi connectivity index (χ2v) is 4.72. The molecule has 1 saturated heterocycles. The highest BCUT2D eigenvalue weighted by atomic mass is 15.3. The zero-order valence-electron chi connectivity index (χ0n) is 10.4. The van der Waals surface area contributed by atoms with Crippen LogP contribution < -0.4 is 5.73 Å². The topological polar surface area (TPSA) is 32.5 Å². The van der Waals surface area contributed by atoms with Gasteiger partial charge in [-0.2, -0.15) is 0 Å². The third-order valence-corrected chi connectivity index (χ3v) is 3.47. The third-order valence-electron chi connectivity index (χ3n) is 3.47. The van der Waals surface area contributed by atoms with E-state index in [1.165, 1.54) is 51.9 Å². The lowest BCUT2D eigenvalue weighted by Crippen LogP contribution is -2.51. The van der Waals surface area contributed by atoms with Crippen LogP contribution >= 0.6 is 0 Å². The number of hydrogen-bond donors (Lipinski definition) is 1. The zero-order valence-corrected chi connectivity index (χ0v) is 10.4. The van der Waals surface area contributed by atoms with Gasteiger partial charge < -0.3 is 10.6 Å². The first kappa shape index (κ1) is 12.9. The summed E-state index contributed by atoms with van der Waals surface area (Å²) in [5.74, 6) is 0. The van der Waals surface area contributed by atoms with E-state index in [2.05, 4.69) is 23.8 Å². The molecule has 0 aromatic heterocycles. The number of likely N-dealkylation sites (N-methyl/N-ethyl adjacent to an activating group) is 1. The van der Waals surface area contributed by atoms with E-state index in [9.17, 15) is 0 Å². The second-order valence-electron chi connectivity index (χ2n) is 4.72. The molecule has 1 unspecified atom stereocenters. The lowest BCUT2D eigenvalue weighted by Gasteiger charge is -2.37. The Morgan fingerprint density at radius 1 is 1.13 bits per heavy atom. The van der Waals surface area contributed by atoms with Gasteiger partial charge in [-0.15, -0.1) is 0 Å². The van der Waals surface area contributed by atoms with Crippen molar-refractivity contribution in [1.29, 1.82) is 0 Å². The summed E-state index contributed by atoms with van der Waals surface area (Å²) in [7, 11) is 2.20. The molecule has 3 heteroatoms. The van der Waals surface area contributed by atoms with Gasteiger partial charge >= 0.3 is 0 Å². The highest BCUT2D eigenvalue weighted by Gasteiger charge is 2.20. The maximum atomic E-state index is 5.87. The van der Waals surface area contributed by atoms with Gasteiger partial charge in [0.05, 0.1) is 0 Å². The number of rotatable bonds is 6. The molecule has 1 heterocycles. The first-order chi connectivity index (χ1) is 7.27. The van der Waals surface area contributed by atoms with Crippen LogP contribution in [0.25, 0.3) is 0 Å². The molecule has 0 radical (unpaired) electrons. The van der Waals surface area contributed by atoms with Crippen LogP contribution in [0.5, 0.6) is 0 Å². The van der Waals surface area contributed by atoms with Gasteiger partial charge in [0.2, 0.25) is 0 Å². The fraction of sp³-hybridized carbons (Fsp3) is 1.00. The Bertz CT molecular complexity index is 153. The average Bonchev–Trinajstić information content (AvgIpc) is 2.26. The van der Waals surface area contributed by atoms with Crippen LogP contribution in [0.15, 0.2) is 0 Å². The molecule has 0 bridgehead atoms. The summed E-state index contributed by atoms with van der Waals surface area (Å²) < 4.78 is 0. The van der Waals surface area contributed by atoms with Gasteiger partial charge in [0.15, 0.2) is 0 Å². The number of nitrogens with zero attached hydrogens (tertiary/aromatic N) is 2. The Kier molecular flexibility index (Phi) is 6.22. The largest absolute Gasteiger partial charge is 0.329 e. The molecule has 0 spiro atoms. The lowest BCUT2D eigenvalue weighted by molar-refractivity contribution is 0.108. The van der Waals surface area contributed by atoms with Gasteiger partial charge in [-0.25, -0.2) is 0 Å². The number of unbranched alkanes of at least 4 members (excludes halogenated alkanes) is 2. The van der Waals surface area contributed by atoms with E-state index in [-0.39, 0.29) is 0 Å². The maximum Gasteiger partial charge on any atom is 0.0219 e. The highest BCUT2D eigenvalue weighted by molar-refractivity contribution is 4.78. The van der Waals surface area contributed by atoms with Crippen LogP contribution in [0.4, 0.5) is 0 Å². The Hall–Kier alpha value is -0.120. The highest BCUT2D eigenvalue weighted by Crippen LogP contribution is 2.11.